The van der Waals surface area contributed by atoms with Gasteiger partial charge in [-0.3, -0.25) is 9.28 Å². The van der Waals surface area contributed by atoms with Crippen LogP contribution in [-0.2, 0) is 4.79 Å². The normalized spacial score (nSPS) is 20.9. The van der Waals surface area contributed by atoms with Crippen LogP contribution in [0, 0.1) is 0 Å². The summed E-state index contributed by atoms with van der Waals surface area (Å²) in [5.74, 6) is 1.43. The van der Waals surface area contributed by atoms with Crippen molar-refractivity contribution in [2.45, 2.75) is 65.7 Å². The van der Waals surface area contributed by atoms with Gasteiger partial charge >= 0.3 is 0 Å². The first-order valence-corrected chi connectivity index (χ1v) is 9.40. The summed E-state index contributed by atoms with van der Waals surface area (Å²) in [4.78, 5) is 15.9. The molecule has 0 radical (unpaired) electrons. The second-order valence-electron chi connectivity index (χ2n) is 6.56. The van der Waals surface area contributed by atoms with Crippen LogP contribution in [-0.4, -0.2) is 48.9 Å². The van der Waals surface area contributed by atoms with Crippen LogP contribution in [0.5, 0.6) is 0 Å². The topological polar surface area (TPSA) is 41.5 Å². The fourth-order valence-corrected chi connectivity index (χ4v) is 3.39. The summed E-state index contributed by atoms with van der Waals surface area (Å²) in [5, 5.41) is 2.94. The Kier molecular flexibility index (Phi) is 9.85. The minimum atomic E-state index is 0.0647. The lowest BCUT2D eigenvalue weighted by atomic mass is 10.1. The SMILES string of the molecule is C/C=C/CCCCCCCC1=NCC[N+]1(CC)CCNC(C)=O. The van der Waals surface area contributed by atoms with E-state index in [2.05, 4.69) is 31.3 Å². The van der Waals surface area contributed by atoms with Gasteiger partial charge in [-0.2, -0.15) is 0 Å². The summed E-state index contributed by atoms with van der Waals surface area (Å²) in [6.45, 7) is 10.8. The van der Waals surface area contributed by atoms with Gasteiger partial charge < -0.3 is 5.32 Å². The highest BCUT2D eigenvalue weighted by atomic mass is 16.1. The van der Waals surface area contributed by atoms with Crippen molar-refractivity contribution in [1.29, 1.82) is 0 Å². The molecule has 1 heterocycles. The van der Waals surface area contributed by atoms with E-state index in [1.165, 1.54) is 44.4 Å². The zero-order valence-electron chi connectivity index (χ0n) is 15.4. The molecule has 0 bridgehead atoms. The molecule has 4 nitrogen and oxygen atoms in total. The predicted octanol–water partition coefficient (Wildman–Crippen LogP) is 3.68. The number of likely N-dealkylation sites (N-methyl/N-ethyl adjacent to an activating group) is 1. The summed E-state index contributed by atoms with van der Waals surface area (Å²) >= 11 is 0. The summed E-state index contributed by atoms with van der Waals surface area (Å²) < 4.78 is 0.988. The number of nitrogens with one attached hydrogen (secondary N) is 1. The molecule has 23 heavy (non-hydrogen) atoms. The highest BCUT2D eigenvalue weighted by Gasteiger charge is 2.35. The van der Waals surface area contributed by atoms with Crippen molar-refractivity contribution in [3.05, 3.63) is 12.2 Å². The predicted molar refractivity (Wildman–Crippen MR) is 98.7 cm³/mol. The molecule has 0 spiro atoms. The van der Waals surface area contributed by atoms with Crippen LogP contribution in [0.15, 0.2) is 17.1 Å². The Morgan fingerprint density at radius 2 is 2.00 bits per heavy atom. The molecule has 0 aromatic carbocycles. The monoisotopic (exact) mass is 322 g/mol. The summed E-state index contributed by atoms with van der Waals surface area (Å²) in [6, 6.07) is 0. The van der Waals surface area contributed by atoms with Crippen LogP contribution in [0.25, 0.3) is 0 Å². The lowest BCUT2D eigenvalue weighted by Crippen LogP contribution is -2.54. The van der Waals surface area contributed by atoms with Crippen LogP contribution in [0.2, 0.25) is 0 Å². The zero-order valence-corrected chi connectivity index (χ0v) is 15.4. The quantitative estimate of drug-likeness (QED) is 0.332. The van der Waals surface area contributed by atoms with E-state index in [4.69, 9.17) is 4.99 Å². The number of hydrogen-bond donors (Lipinski definition) is 1. The average molecular weight is 323 g/mol. The highest BCUT2D eigenvalue weighted by molar-refractivity contribution is 5.77. The number of nitrogens with zero attached hydrogens (tertiary/aromatic N) is 2. The van der Waals surface area contributed by atoms with E-state index in [0.29, 0.717) is 0 Å². The molecule has 1 rings (SSSR count). The molecular weight excluding hydrogens is 286 g/mol. The number of carbonyl (C=O) groups excluding carboxylic acids is 1. The molecule has 0 aliphatic carbocycles. The molecule has 0 aromatic heterocycles. The lowest BCUT2D eigenvalue weighted by Gasteiger charge is -2.33. The van der Waals surface area contributed by atoms with E-state index in [-0.39, 0.29) is 5.91 Å². The van der Waals surface area contributed by atoms with Crippen molar-refractivity contribution in [2.24, 2.45) is 4.99 Å². The fourth-order valence-electron chi connectivity index (χ4n) is 3.39. The van der Waals surface area contributed by atoms with Crippen molar-refractivity contribution in [1.82, 2.24) is 5.32 Å². The number of amides is 1. The van der Waals surface area contributed by atoms with E-state index in [0.717, 1.165) is 43.6 Å². The molecule has 1 atom stereocenters. The molecule has 0 fully saturated rings. The van der Waals surface area contributed by atoms with Crippen molar-refractivity contribution < 1.29 is 9.28 Å². The van der Waals surface area contributed by atoms with E-state index in [9.17, 15) is 4.79 Å². The number of allylic oxidation sites excluding steroid dienone is 2. The number of carbonyl (C=O) groups is 1. The molecule has 0 aromatic rings. The minimum Gasteiger partial charge on any atom is -0.351 e. The number of aliphatic imine (C=N–C) groups is 1. The third-order valence-electron chi connectivity index (χ3n) is 4.90. The maximum absolute atomic E-state index is 11.1. The first-order valence-electron chi connectivity index (χ1n) is 9.40. The summed E-state index contributed by atoms with van der Waals surface area (Å²) in [5.41, 5.74) is 0. The Labute approximate surface area is 142 Å². The van der Waals surface area contributed by atoms with Crippen LogP contribution in [0.1, 0.15) is 65.7 Å². The second kappa shape index (κ2) is 11.4. The minimum absolute atomic E-state index is 0.0647. The van der Waals surface area contributed by atoms with Gasteiger partial charge in [0.05, 0.1) is 19.6 Å². The van der Waals surface area contributed by atoms with E-state index < -0.39 is 0 Å². The largest absolute Gasteiger partial charge is 0.351 e. The average Bonchev–Trinajstić information content (AvgIpc) is 2.93. The fraction of sp³-hybridized carbons (Fsp3) is 0.789. The summed E-state index contributed by atoms with van der Waals surface area (Å²) in [6.07, 6.45) is 13.3. The van der Waals surface area contributed by atoms with Crippen molar-refractivity contribution in [2.75, 3.05) is 32.7 Å². The molecule has 1 aliphatic rings. The molecular formula is C19H36N3O+. The third kappa shape index (κ3) is 7.30. The standard InChI is InChI=1S/C19H35N3O/c1-4-6-7-8-9-10-11-12-13-19-21-15-17-22(19,5-2)16-14-20-18(3)23/h4,6H,5,7-17H2,1-3H3/p+1/b6-4+. The zero-order chi connectivity index (χ0) is 17.0. The molecule has 1 unspecified atom stereocenters. The van der Waals surface area contributed by atoms with Gasteiger partial charge in [0.2, 0.25) is 5.91 Å². The molecule has 1 aliphatic heterocycles. The van der Waals surface area contributed by atoms with Crippen LogP contribution >= 0.6 is 0 Å². The maximum atomic E-state index is 11.1. The second-order valence-corrected chi connectivity index (χ2v) is 6.56. The first kappa shape index (κ1) is 19.9. The summed E-state index contributed by atoms with van der Waals surface area (Å²) in [7, 11) is 0. The third-order valence-corrected chi connectivity index (χ3v) is 4.90. The van der Waals surface area contributed by atoms with Gasteiger partial charge in [0.1, 0.15) is 13.1 Å². The van der Waals surface area contributed by atoms with Gasteiger partial charge in [-0.25, -0.2) is 4.99 Å². The molecule has 0 saturated heterocycles. The Hall–Kier alpha value is -1.16. The lowest BCUT2D eigenvalue weighted by molar-refractivity contribution is -0.833. The number of amidine groups is 1. The molecule has 0 saturated carbocycles. The van der Waals surface area contributed by atoms with Crippen LogP contribution < -0.4 is 5.32 Å². The van der Waals surface area contributed by atoms with Crippen molar-refractivity contribution in [3.63, 3.8) is 0 Å². The molecule has 1 amide bonds. The number of rotatable bonds is 12. The maximum Gasteiger partial charge on any atom is 0.217 e. The van der Waals surface area contributed by atoms with Gasteiger partial charge in [-0.1, -0.05) is 31.4 Å². The van der Waals surface area contributed by atoms with Crippen LogP contribution in [0.3, 0.4) is 0 Å². The Balaban J connectivity index is 2.26. The smallest absolute Gasteiger partial charge is 0.217 e. The van der Waals surface area contributed by atoms with Gasteiger partial charge in [0, 0.05) is 13.3 Å². The molecule has 1 N–H and O–H groups in total. The molecule has 4 heteroatoms. The van der Waals surface area contributed by atoms with Gasteiger partial charge in [0.25, 0.3) is 0 Å². The molecule has 132 valence electrons. The number of quaternary nitrogens is 1. The Morgan fingerprint density at radius 3 is 2.70 bits per heavy atom. The van der Waals surface area contributed by atoms with Crippen molar-refractivity contribution in [3.8, 4) is 0 Å². The van der Waals surface area contributed by atoms with E-state index in [1.807, 2.05) is 0 Å². The van der Waals surface area contributed by atoms with Crippen molar-refractivity contribution >= 4 is 11.7 Å². The first-order chi connectivity index (χ1) is 11.1. The van der Waals surface area contributed by atoms with Gasteiger partial charge in [0.15, 0.2) is 5.84 Å². The van der Waals surface area contributed by atoms with E-state index >= 15 is 0 Å². The Bertz CT molecular complexity index is 403. The van der Waals surface area contributed by atoms with Gasteiger partial charge in [-0.05, 0) is 33.1 Å². The highest BCUT2D eigenvalue weighted by Crippen LogP contribution is 2.19. The number of hydrogen-bond acceptors (Lipinski definition) is 2. The van der Waals surface area contributed by atoms with Crippen LogP contribution in [0.4, 0.5) is 0 Å². The number of unbranched alkanes of at least 4 members (excludes halogenated alkanes) is 5. The van der Waals surface area contributed by atoms with E-state index in [1.54, 1.807) is 6.92 Å². The van der Waals surface area contributed by atoms with Gasteiger partial charge in [-0.15, -0.1) is 0 Å². The Morgan fingerprint density at radius 1 is 1.26 bits per heavy atom.